The standard InChI is InChI=1S/C21H15N3O4S/c1-28-18-8-4-16(5-9-18)23-21(25)15(13-22)12-19-10-11-20(29-19)14-2-6-17(7-3-14)24(26)27/h2-12H,1H3,(H,23,25). The van der Waals surface area contributed by atoms with E-state index in [-0.39, 0.29) is 11.3 Å². The van der Waals surface area contributed by atoms with Crippen molar-refractivity contribution in [1.29, 1.82) is 5.26 Å². The van der Waals surface area contributed by atoms with Crippen LogP contribution in [0, 0.1) is 21.4 Å². The van der Waals surface area contributed by atoms with Gasteiger partial charge in [-0.3, -0.25) is 14.9 Å². The number of anilines is 1. The Morgan fingerprint density at radius 1 is 1.14 bits per heavy atom. The highest BCUT2D eigenvalue weighted by molar-refractivity contribution is 7.16. The van der Waals surface area contributed by atoms with Crippen LogP contribution in [0.5, 0.6) is 5.75 Å². The van der Waals surface area contributed by atoms with Crippen LogP contribution in [0.25, 0.3) is 16.5 Å². The molecule has 0 spiro atoms. The average molecular weight is 405 g/mol. The van der Waals surface area contributed by atoms with Crippen molar-refractivity contribution in [2.45, 2.75) is 0 Å². The number of nitro groups is 1. The number of nitriles is 1. The van der Waals surface area contributed by atoms with Gasteiger partial charge in [-0.2, -0.15) is 5.26 Å². The van der Waals surface area contributed by atoms with Gasteiger partial charge >= 0.3 is 0 Å². The van der Waals surface area contributed by atoms with Crippen LogP contribution in [-0.4, -0.2) is 17.9 Å². The Morgan fingerprint density at radius 3 is 2.41 bits per heavy atom. The van der Waals surface area contributed by atoms with Crippen molar-refractivity contribution >= 4 is 34.7 Å². The number of carbonyl (C=O) groups is 1. The molecule has 0 bridgehead atoms. The van der Waals surface area contributed by atoms with E-state index in [9.17, 15) is 20.2 Å². The fourth-order valence-corrected chi connectivity index (χ4v) is 3.45. The first-order chi connectivity index (χ1) is 14.0. The van der Waals surface area contributed by atoms with E-state index in [1.165, 1.54) is 29.5 Å². The van der Waals surface area contributed by atoms with E-state index in [2.05, 4.69) is 5.32 Å². The first-order valence-corrected chi connectivity index (χ1v) is 9.23. The maximum Gasteiger partial charge on any atom is 0.269 e. The minimum atomic E-state index is -0.511. The second-order valence-electron chi connectivity index (χ2n) is 5.86. The number of nitrogens with one attached hydrogen (secondary N) is 1. The van der Waals surface area contributed by atoms with Gasteiger partial charge in [0, 0.05) is 27.6 Å². The first kappa shape index (κ1) is 19.8. The third-order valence-corrected chi connectivity index (χ3v) is 5.07. The van der Waals surface area contributed by atoms with Gasteiger partial charge < -0.3 is 10.1 Å². The van der Waals surface area contributed by atoms with Gasteiger partial charge in [-0.25, -0.2) is 0 Å². The lowest BCUT2D eigenvalue weighted by atomic mass is 10.2. The second kappa shape index (κ2) is 8.82. The second-order valence-corrected chi connectivity index (χ2v) is 6.97. The Bertz CT molecular complexity index is 1110. The zero-order chi connectivity index (χ0) is 20.8. The van der Waals surface area contributed by atoms with E-state index in [4.69, 9.17) is 4.74 Å². The summed E-state index contributed by atoms with van der Waals surface area (Å²) in [5.74, 6) is 0.152. The molecule has 0 radical (unpaired) electrons. The highest BCUT2D eigenvalue weighted by atomic mass is 32.1. The van der Waals surface area contributed by atoms with Crippen LogP contribution in [0.4, 0.5) is 11.4 Å². The molecule has 3 aromatic rings. The Balaban J connectivity index is 1.76. The minimum Gasteiger partial charge on any atom is -0.497 e. The molecule has 0 atom stereocenters. The third kappa shape index (κ3) is 4.86. The number of nitro benzene ring substituents is 1. The summed E-state index contributed by atoms with van der Waals surface area (Å²) in [5, 5.41) is 22.8. The van der Waals surface area contributed by atoms with E-state index in [0.717, 1.165) is 15.3 Å². The molecule has 1 heterocycles. The highest BCUT2D eigenvalue weighted by Gasteiger charge is 2.11. The molecule has 0 fully saturated rings. The van der Waals surface area contributed by atoms with Gasteiger partial charge in [0.15, 0.2) is 0 Å². The predicted molar refractivity (Wildman–Crippen MR) is 112 cm³/mol. The van der Waals surface area contributed by atoms with Crippen LogP contribution in [0.1, 0.15) is 4.88 Å². The fraction of sp³-hybridized carbons (Fsp3) is 0.0476. The van der Waals surface area contributed by atoms with E-state index in [1.54, 1.807) is 49.6 Å². The van der Waals surface area contributed by atoms with Crippen LogP contribution in [0.3, 0.4) is 0 Å². The fourth-order valence-electron chi connectivity index (χ4n) is 2.50. The quantitative estimate of drug-likeness (QED) is 0.272. The molecule has 0 saturated carbocycles. The molecule has 8 heteroatoms. The molecule has 1 amide bonds. The summed E-state index contributed by atoms with van der Waals surface area (Å²) in [6, 6.07) is 18.5. The van der Waals surface area contributed by atoms with Gasteiger partial charge in [-0.05, 0) is 60.2 Å². The largest absolute Gasteiger partial charge is 0.497 e. The van der Waals surface area contributed by atoms with Crippen molar-refractivity contribution in [1.82, 2.24) is 0 Å². The van der Waals surface area contributed by atoms with E-state index < -0.39 is 10.8 Å². The number of methoxy groups -OCH3 is 1. The number of non-ortho nitro benzene ring substituents is 1. The molecular weight excluding hydrogens is 390 g/mol. The zero-order valence-electron chi connectivity index (χ0n) is 15.3. The Hall–Kier alpha value is -3.96. The molecule has 7 nitrogen and oxygen atoms in total. The topological polar surface area (TPSA) is 105 Å². The molecule has 0 unspecified atom stereocenters. The zero-order valence-corrected chi connectivity index (χ0v) is 16.1. The van der Waals surface area contributed by atoms with Gasteiger partial charge in [-0.1, -0.05) is 0 Å². The number of hydrogen-bond acceptors (Lipinski definition) is 6. The summed E-state index contributed by atoms with van der Waals surface area (Å²) in [6.45, 7) is 0. The van der Waals surface area contributed by atoms with Crippen molar-refractivity contribution in [3.05, 3.63) is 81.2 Å². The summed E-state index contributed by atoms with van der Waals surface area (Å²) in [6.07, 6.45) is 1.51. The number of carbonyl (C=O) groups excluding carboxylic acids is 1. The van der Waals surface area contributed by atoms with Crippen LogP contribution >= 0.6 is 11.3 Å². The number of hydrogen-bond donors (Lipinski definition) is 1. The van der Waals surface area contributed by atoms with E-state index in [1.807, 2.05) is 12.1 Å². The van der Waals surface area contributed by atoms with Crippen molar-refractivity contribution < 1.29 is 14.5 Å². The van der Waals surface area contributed by atoms with Gasteiger partial charge in [-0.15, -0.1) is 11.3 Å². The molecule has 1 N–H and O–H groups in total. The summed E-state index contributed by atoms with van der Waals surface area (Å²) in [5.41, 5.74) is 1.36. The van der Waals surface area contributed by atoms with Crippen molar-refractivity contribution in [2.24, 2.45) is 0 Å². The molecule has 0 saturated heterocycles. The van der Waals surface area contributed by atoms with Crippen LogP contribution < -0.4 is 10.1 Å². The number of nitrogens with zero attached hydrogens (tertiary/aromatic N) is 2. The Labute approximate surface area is 170 Å². The monoisotopic (exact) mass is 405 g/mol. The molecule has 29 heavy (non-hydrogen) atoms. The lowest BCUT2D eigenvalue weighted by Crippen LogP contribution is -2.13. The smallest absolute Gasteiger partial charge is 0.269 e. The van der Waals surface area contributed by atoms with Crippen LogP contribution in [0.15, 0.2) is 66.2 Å². The predicted octanol–water partition coefficient (Wildman–Crippen LogP) is 4.88. The normalized spacial score (nSPS) is 10.8. The summed E-state index contributed by atoms with van der Waals surface area (Å²) in [7, 11) is 1.55. The molecule has 0 aliphatic heterocycles. The number of rotatable bonds is 6. The molecule has 3 rings (SSSR count). The molecule has 0 aliphatic carbocycles. The number of benzene rings is 2. The first-order valence-electron chi connectivity index (χ1n) is 8.42. The molecule has 144 valence electrons. The maximum atomic E-state index is 12.4. The van der Waals surface area contributed by atoms with Crippen molar-refractivity contribution in [3.63, 3.8) is 0 Å². The van der Waals surface area contributed by atoms with Crippen LogP contribution in [0.2, 0.25) is 0 Å². The number of thiophene rings is 1. The maximum absolute atomic E-state index is 12.4. The number of ether oxygens (including phenoxy) is 1. The summed E-state index contributed by atoms with van der Waals surface area (Å²) < 4.78 is 5.07. The van der Waals surface area contributed by atoms with Crippen LogP contribution in [-0.2, 0) is 4.79 Å². The Kier molecular flexibility index (Phi) is 6.02. The van der Waals surface area contributed by atoms with Crippen molar-refractivity contribution in [2.75, 3.05) is 12.4 Å². The SMILES string of the molecule is COc1ccc(NC(=O)C(C#N)=Cc2ccc(-c3ccc([N+](=O)[O-])cc3)s2)cc1. The molecular formula is C21H15N3O4S. The number of amides is 1. The van der Waals surface area contributed by atoms with Gasteiger partial charge in [0.2, 0.25) is 0 Å². The molecule has 0 aliphatic rings. The molecule has 2 aromatic carbocycles. The lowest BCUT2D eigenvalue weighted by molar-refractivity contribution is -0.384. The van der Waals surface area contributed by atoms with E-state index >= 15 is 0 Å². The summed E-state index contributed by atoms with van der Waals surface area (Å²) in [4.78, 5) is 24.3. The highest BCUT2D eigenvalue weighted by Crippen LogP contribution is 2.30. The lowest BCUT2D eigenvalue weighted by Gasteiger charge is -2.05. The van der Waals surface area contributed by atoms with E-state index in [0.29, 0.717) is 11.4 Å². The van der Waals surface area contributed by atoms with Gasteiger partial charge in [0.25, 0.3) is 11.6 Å². The average Bonchev–Trinajstić information content (AvgIpc) is 3.21. The Morgan fingerprint density at radius 2 is 1.83 bits per heavy atom. The minimum absolute atomic E-state index is 0.0207. The molecule has 1 aromatic heterocycles. The van der Waals surface area contributed by atoms with Crippen molar-refractivity contribution in [3.8, 4) is 22.3 Å². The third-order valence-electron chi connectivity index (χ3n) is 3.99. The van der Waals surface area contributed by atoms with Gasteiger partial charge in [0.1, 0.15) is 17.4 Å². The summed E-state index contributed by atoms with van der Waals surface area (Å²) >= 11 is 1.38. The van der Waals surface area contributed by atoms with Gasteiger partial charge in [0.05, 0.1) is 12.0 Å².